The van der Waals surface area contributed by atoms with Crippen molar-refractivity contribution < 1.29 is 9.47 Å². The van der Waals surface area contributed by atoms with Crippen molar-refractivity contribution in [2.24, 2.45) is 11.3 Å². The molecule has 18 heavy (non-hydrogen) atoms. The van der Waals surface area contributed by atoms with Crippen LogP contribution in [0.1, 0.15) is 47.5 Å². The summed E-state index contributed by atoms with van der Waals surface area (Å²) in [6, 6.07) is 0.620. The number of hydrogen-bond acceptors (Lipinski definition) is 3. The Kier molecular flexibility index (Phi) is 6.61. The van der Waals surface area contributed by atoms with Crippen LogP contribution in [0.5, 0.6) is 0 Å². The van der Waals surface area contributed by atoms with Crippen LogP contribution in [-0.4, -0.2) is 38.5 Å². The smallest absolute Gasteiger partial charge is 0.0704 e. The lowest BCUT2D eigenvalue weighted by molar-refractivity contribution is -0.137. The van der Waals surface area contributed by atoms with Gasteiger partial charge < -0.3 is 14.8 Å². The maximum atomic E-state index is 5.98. The van der Waals surface area contributed by atoms with Crippen LogP contribution in [0.25, 0.3) is 0 Å². The molecule has 0 aliphatic heterocycles. The first kappa shape index (κ1) is 15.9. The summed E-state index contributed by atoms with van der Waals surface area (Å²) in [6.07, 6.45) is 2.71. The average molecular weight is 257 g/mol. The molecular weight excluding hydrogens is 226 g/mol. The lowest BCUT2D eigenvalue weighted by Gasteiger charge is -2.53. The van der Waals surface area contributed by atoms with Gasteiger partial charge in [-0.1, -0.05) is 34.6 Å². The van der Waals surface area contributed by atoms with Crippen LogP contribution in [0.4, 0.5) is 0 Å². The summed E-state index contributed by atoms with van der Waals surface area (Å²) in [5.41, 5.74) is 0.300. The summed E-state index contributed by atoms with van der Waals surface area (Å²) >= 11 is 0. The first-order valence-electron chi connectivity index (χ1n) is 7.47. The Morgan fingerprint density at radius 3 is 2.56 bits per heavy atom. The van der Waals surface area contributed by atoms with Crippen molar-refractivity contribution in [2.75, 3.05) is 26.4 Å². The number of nitrogens with one attached hydrogen (secondary N) is 1. The lowest BCUT2D eigenvalue weighted by atomic mass is 9.61. The van der Waals surface area contributed by atoms with E-state index in [1.165, 1.54) is 6.42 Å². The van der Waals surface area contributed by atoms with Gasteiger partial charge in [-0.3, -0.25) is 0 Å². The van der Waals surface area contributed by atoms with E-state index in [2.05, 4.69) is 39.9 Å². The molecule has 0 aromatic rings. The molecule has 0 saturated heterocycles. The van der Waals surface area contributed by atoms with E-state index in [-0.39, 0.29) is 0 Å². The summed E-state index contributed by atoms with van der Waals surface area (Å²) in [5, 5.41) is 3.56. The van der Waals surface area contributed by atoms with Crippen LogP contribution in [0, 0.1) is 11.3 Å². The van der Waals surface area contributed by atoms with Gasteiger partial charge in [0.1, 0.15) is 0 Å². The minimum absolute atomic E-state index is 0.300. The highest BCUT2D eigenvalue weighted by Gasteiger charge is 2.50. The van der Waals surface area contributed by atoms with Gasteiger partial charge in [-0.2, -0.15) is 0 Å². The molecule has 3 nitrogen and oxygen atoms in total. The predicted octanol–water partition coefficient (Wildman–Crippen LogP) is 2.84. The Labute approximate surface area is 113 Å². The van der Waals surface area contributed by atoms with Gasteiger partial charge in [0, 0.05) is 18.1 Å². The zero-order valence-corrected chi connectivity index (χ0v) is 12.8. The van der Waals surface area contributed by atoms with Crippen molar-refractivity contribution in [3.63, 3.8) is 0 Å². The molecule has 1 fully saturated rings. The van der Waals surface area contributed by atoms with E-state index in [0.29, 0.717) is 23.5 Å². The van der Waals surface area contributed by atoms with Crippen LogP contribution in [0.15, 0.2) is 0 Å². The quantitative estimate of drug-likeness (QED) is 0.644. The normalized spacial score (nSPS) is 31.7. The molecule has 0 radical (unpaired) electrons. The highest BCUT2D eigenvalue weighted by Crippen LogP contribution is 2.45. The third-order valence-corrected chi connectivity index (χ3v) is 4.19. The Morgan fingerprint density at radius 2 is 2.00 bits per heavy atom. The maximum Gasteiger partial charge on any atom is 0.0704 e. The molecule has 1 aliphatic rings. The molecule has 1 rings (SSSR count). The molecule has 108 valence electrons. The van der Waals surface area contributed by atoms with E-state index >= 15 is 0 Å². The fourth-order valence-corrected chi connectivity index (χ4v) is 2.68. The van der Waals surface area contributed by atoms with E-state index < -0.39 is 0 Å². The van der Waals surface area contributed by atoms with Gasteiger partial charge in [0.15, 0.2) is 0 Å². The summed E-state index contributed by atoms with van der Waals surface area (Å²) in [6.45, 7) is 14.4. The molecule has 1 saturated carbocycles. The zero-order chi connectivity index (χ0) is 13.6. The maximum absolute atomic E-state index is 5.98. The number of ether oxygens (including phenoxy) is 2. The molecule has 3 atom stereocenters. The largest absolute Gasteiger partial charge is 0.379 e. The van der Waals surface area contributed by atoms with Crippen LogP contribution in [0.2, 0.25) is 0 Å². The molecule has 3 unspecified atom stereocenters. The van der Waals surface area contributed by atoms with Crippen molar-refractivity contribution >= 4 is 0 Å². The second-order valence-electron chi connectivity index (χ2n) is 6.03. The Bertz CT molecular complexity index is 233. The highest BCUT2D eigenvalue weighted by atomic mass is 16.5. The van der Waals surface area contributed by atoms with Crippen molar-refractivity contribution in [3.05, 3.63) is 0 Å². The van der Waals surface area contributed by atoms with Crippen molar-refractivity contribution in [1.29, 1.82) is 0 Å². The standard InChI is InChI=1S/C15H31NO2/c1-6-15(5)13(16-7-2)10-14(15)18-9-8-17-11-12(3)4/h12-14,16H,6-11H2,1-5H3. The zero-order valence-electron chi connectivity index (χ0n) is 12.8. The number of rotatable bonds is 9. The van der Waals surface area contributed by atoms with E-state index in [1.807, 2.05) is 0 Å². The van der Waals surface area contributed by atoms with Crippen molar-refractivity contribution in [3.8, 4) is 0 Å². The van der Waals surface area contributed by atoms with Crippen molar-refractivity contribution in [1.82, 2.24) is 5.32 Å². The molecule has 1 aliphatic carbocycles. The van der Waals surface area contributed by atoms with Crippen LogP contribution in [-0.2, 0) is 9.47 Å². The van der Waals surface area contributed by atoms with E-state index in [0.717, 1.165) is 32.8 Å². The monoisotopic (exact) mass is 257 g/mol. The van der Waals surface area contributed by atoms with Gasteiger partial charge in [0.05, 0.1) is 19.3 Å². The SMILES string of the molecule is CCNC1CC(OCCOCC(C)C)C1(C)CC. The van der Waals surface area contributed by atoms with Crippen LogP contribution >= 0.6 is 0 Å². The van der Waals surface area contributed by atoms with E-state index in [1.54, 1.807) is 0 Å². The van der Waals surface area contributed by atoms with E-state index in [4.69, 9.17) is 9.47 Å². The fraction of sp³-hybridized carbons (Fsp3) is 1.00. The van der Waals surface area contributed by atoms with Crippen LogP contribution < -0.4 is 5.32 Å². The summed E-state index contributed by atoms with van der Waals surface area (Å²) in [5.74, 6) is 0.604. The average Bonchev–Trinajstić information content (AvgIpc) is 2.34. The minimum atomic E-state index is 0.300. The second kappa shape index (κ2) is 7.46. The molecule has 0 bridgehead atoms. The summed E-state index contributed by atoms with van der Waals surface area (Å²) in [4.78, 5) is 0. The molecule has 0 aromatic carbocycles. The summed E-state index contributed by atoms with van der Waals surface area (Å²) < 4.78 is 11.5. The molecule has 0 heterocycles. The molecule has 1 N–H and O–H groups in total. The first-order chi connectivity index (χ1) is 8.54. The Hall–Kier alpha value is -0.120. The van der Waals surface area contributed by atoms with Crippen LogP contribution in [0.3, 0.4) is 0 Å². The molecule has 0 spiro atoms. The predicted molar refractivity (Wildman–Crippen MR) is 75.9 cm³/mol. The minimum Gasteiger partial charge on any atom is -0.379 e. The third kappa shape index (κ3) is 3.94. The van der Waals surface area contributed by atoms with Gasteiger partial charge >= 0.3 is 0 Å². The lowest BCUT2D eigenvalue weighted by Crippen LogP contribution is -2.62. The van der Waals surface area contributed by atoms with Gasteiger partial charge in [0.25, 0.3) is 0 Å². The Balaban J connectivity index is 2.19. The van der Waals surface area contributed by atoms with Gasteiger partial charge in [-0.15, -0.1) is 0 Å². The molecule has 3 heteroatoms. The highest BCUT2D eigenvalue weighted by molar-refractivity contribution is 5.04. The molecular formula is C15H31NO2. The van der Waals surface area contributed by atoms with Gasteiger partial charge in [-0.05, 0) is 25.3 Å². The number of hydrogen-bond donors (Lipinski definition) is 1. The van der Waals surface area contributed by atoms with Gasteiger partial charge in [-0.25, -0.2) is 0 Å². The second-order valence-corrected chi connectivity index (χ2v) is 6.03. The molecule has 0 aromatic heterocycles. The summed E-state index contributed by atoms with van der Waals surface area (Å²) in [7, 11) is 0. The van der Waals surface area contributed by atoms with Gasteiger partial charge in [0.2, 0.25) is 0 Å². The fourth-order valence-electron chi connectivity index (χ4n) is 2.68. The molecule has 0 amide bonds. The van der Waals surface area contributed by atoms with E-state index in [9.17, 15) is 0 Å². The Morgan fingerprint density at radius 1 is 1.28 bits per heavy atom. The van der Waals surface area contributed by atoms with Crippen molar-refractivity contribution in [2.45, 2.75) is 59.6 Å². The topological polar surface area (TPSA) is 30.5 Å². The first-order valence-corrected chi connectivity index (χ1v) is 7.47. The third-order valence-electron chi connectivity index (χ3n) is 4.19.